The lowest BCUT2D eigenvalue weighted by molar-refractivity contribution is 0.0951. The minimum atomic E-state index is -3.79. The molecule has 3 rings (SSSR count). The van der Waals surface area contributed by atoms with E-state index >= 15 is 0 Å². The van der Waals surface area contributed by atoms with Crippen LogP contribution < -0.4 is 5.32 Å². The Kier molecular flexibility index (Phi) is 4.43. The zero-order chi connectivity index (χ0) is 17.5. The Bertz CT molecular complexity index is 842. The van der Waals surface area contributed by atoms with Gasteiger partial charge >= 0.3 is 0 Å². The molecule has 1 heterocycles. The average molecular weight is 372 g/mol. The molecule has 132 valence electrons. The van der Waals surface area contributed by atoms with Gasteiger partial charge in [-0.05, 0) is 43.5 Å². The van der Waals surface area contributed by atoms with Crippen LogP contribution in [0.5, 0.6) is 0 Å². The minimum absolute atomic E-state index is 0.0117. The van der Waals surface area contributed by atoms with Gasteiger partial charge in [-0.15, -0.1) is 0 Å². The number of amides is 1. The van der Waals surface area contributed by atoms with Gasteiger partial charge in [0, 0.05) is 24.7 Å². The van der Waals surface area contributed by atoms with Gasteiger partial charge in [0.05, 0.1) is 16.4 Å². The lowest BCUT2D eigenvalue weighted by Crippen LogP contribution is -2.37. The highest BCUT2D eigenvalue weighted by atomic mass is 32.2. The molecule has 1 saturated carbocycles. The van der Waals surface area contributed by atoms with Crippen molar-refractivity contribution in [2.45, 2.75) is 36.2 Å². The molecular weight excluding hydrogens is 352 g/mol. The number of benzene rings is 1. The van der Waals surface area contributed by atoms with E-state index in [1.165, 1.54) is 31.3 Å². The molecule has 24 heavy (non-hydrogen) atoms. The van der Waals surface area contributed by atoms with Crippen LogP contribution in [0.1, 0.15) is 29.6 Å². The van der Waals surface area contributed by atoms with Gasteiger partial charge < -0.3 is 5.32 Å². The van der Waals surface area contributed by atoms with Crippen molar-refractivity contribution in [3.05, 3.63) is 29.8 Å². The molecule has 0 spiro atoms. The summed E-state index contributed by atoms with van der Waals surface area (Å²) in [6.45, 7) is 0. The van der Waals surface area contributed by atoms with E-state index in [1.807, 2.05) is 0 Å². The number of nitrogens with zero attached hydrogens (tertiary/aromatic N) is 1. The smallest absolute Gasteiger partial charge is 0.251 e. The van der Waals surface area contributed by atoms with Crippen molar-refractivity contribution < 1.29 is 21.6 Å². The number of hydrogen-bond donors (Lipinski definition) is 1. The zero-order valence-corrected chi connectivity index (χ0v) is 14.9. The summed E-state index contributed by atoms with van der Waals surface area (Å²) >= 11 is 0. The van der Waals surface area contributed by atoms with Gasteiger partial charge in [0.25, 0.3) is 5.91 Å². The Morgan fingerprint density at radius 3 is 2.29 bits per heavy atom. The SMILES string of the molecule is CN(C1CCS(=O)(=O)C1)S(=O)(=O)c1ccc(C(=O)NC2CC2)cc1. The monoisotopic (exact) mass is 372 g/mol. The molecule has 1 N–H and O–H groups in total. The third-order valence-corrected chi connectivity index (χ3v) is 8.10. The molecule has 1 saturated heterocycles. The Morgan fingerprint density at radius 2 is 1.79 bits per heavy atom. The van der Waals surface area contributed by atoms with Gasteiger partial charge in [-0.3, -0.25) is 4.79 Å². The molecule has 1 aliphatic heterocycles. The van der Waals surface area contributed by atoms with Gasteiger partial charge in [-0.25, -0.2) is 16.8 Å². The molecule has 1 aromatic carbocycles. The first-order valence-electron chi connectivity index (χ1n) is 7.78. The summed E-state index contributed by atoms with van der Waals surface area (Å²) in [7, 11) is -5.56. The average Bonchev–Trinajstić information content (AvgIpc) is 3.27. The second kappa shape index (κ2) is 6.12. The maximum atomic E-state index is 12.6. The first-order chi connectivity index (χ1) is 11.2. The lowest BCUT2D eigenvalue weighted by atomic mass is 10.2. The second-order valence-corrected chi connectivity index (χ2v) is 10.6. The van der Waals surface area contributed by atoms with E-state index in [-0.39, 0.29) is 28.4 Å². The first-order valence-corrected chi connectivity index (χ1v) is 11.0. The van der Waals surface area contributed by atoms with Crippen molar-refractivity contribution in [1.82, 2.24) is 9.62 Å². The summed E-state index contributed by atoms with van der Waals surface area (Å²) in [4.78, 5) is 12.0. The van der Waals surface area contributed by atoms with E-state index < -0.39 is 25.9 Å². The van der Waals surface area contributed by atoms with Crippen molar-refractivity contribution in [1.29, 1.82) is 0 Å². The summed E-state index contributed by atoms with van der Waals surface area (Å²) < 4.78 is 49.5. The normalized spacial score (nSPS) is 23.3. The molecule has 1 amide bonds. The van der Waals surface area contributed by atoms with Crippen LogP contribution in [-0.4, -0.2) is 57.7 Å². The van der Waals surface area contributed by atoms with Crippen LogP contribution in [-0.2, 0) is 19.9 Å². The fourth-order valence-corrected chi connectivity index (χ4v) is 5.95. The van der Waals surface area contributed by atoms with Crippen molar-refractivity contribution in [3.63, 3.8) is 0 Å². The van der Waals surface area contributed by atoms with Crippen LogP contribution in [0.4, 0.5) is 0 Å². The quantitative estimate of drug-likeness (QED) is 0.806. The van der Waals surface area contributed by atoms with Crippen LogP contribution in [0.15, 0.2) is 29.2 Å². The van der Waals surface area contributed by atoms with Gasteiger partial charge in [-0.1, -0.05) is 0 Å². The third-order valence-electron chi connectivity index (χ3n) is 4.43. The molecule has 7 nitrogen and oxygen atoms in total. The highest BCUT2D eigenvalue weighted by molar-refractivity contribution is 7.92. The fourth-order valence-electron chi connectivity index (χ4n) is 2.70. The Labute approximate surface area is 142 Å². The van der Waals surface area contributed by atoms with Crippen LogP contribution in [0.25, 0.3) is 0 Å². The maximum absolute atomic E-state index is 12.6. The Hall–Kier alpha value is -1.45. The second-order valence-electron chi connectivity index (χ2n) is 6.35. The van der Waals surface area contributed by atoms with Crippen molar-refractivity contribution in [2.24, 2.45) is 0 Å². The van der Waals surface area contributed by atoms with E-state index in [2.05, 4.69) is 5.32 Å². The molecule has 0 radical (unpaired) electrons. The highest BCUT2D eigenvalue weighted by Gasteiger charge is 2.36. The summed E-state index contributed by atoms with van der Waals surface area (Å²) in [5, 5.41) is 2.84. The largest absolute Gasteiger partial charge is 0.349 e. The lowest BCUT2D eigenvalue weighted by Gasteiger charge is -2.22. The summed E-state index contributed by atoms with van der Waals surface area (Å²) in [6, 6.07) is 5.41. The van der Waals surface area contributed by atoms with Crippen molar-refractivity contribution >= 4 is 25.8 Å². The first kappa shape index (κ1) is 17.4. The number of carbonyl (C=O) groups excluding carboxylic acids is 1. The van der Waals surface area contributed by atoms with Crippen molar-refractivity contribution in [2.75, 3.05) is 18.6 Å². The number of sulfonamides is 1. The number of nitrogens with one attached hydrogen (secondary N) is 1. The molecule has 2 aliphatic rings. The van der Waals surface area contributed by atoms with E-state index in [4.69, 9.17) is 0 Å². The van der Waals surface area contributed by atoms with E-state index in [1.54, 1.807) is 0 Å². The summed E-state index contributed by atoms with van der Waals surface area (Å²) in [6.07, 6.45) is 2.26. The van der Waals surface area contributed by atoms with Crippen LogP contribution in [0, 0.1) is 0 Å². The number of sulfone groups is 1. The molecule has 9 heteroatoms. The minimum Gasteiger partial charge on any atom is -0.349 e. The van der Waals surface area contributed by atoms with Crippen LogP contribution >= 0.6 is 0 Å². The van der Waals surface area contributed by atoms with Crippen LogP contribution in [0.3, 0.4) is 0 Å². The van der Waals surface area contributed by atoms with Crippen molar-refractivity contribution in [3.8, 4) is 0 Å². The predicted octanol–water partition coefficient (Wildman–Crippen LogP) is 0.386. The van der Waals surface area contributed by atoms with E-state index in [0.29, 0.717) is 12.0 Å². The molecule has 0 bridgehead atoms. The standard InChI is InChI=1S/C15H20N2O5S2/c1-17(13-8-9-23(19,20)10-13)24(21,22)14-6-2-11(3-7-14)15(18)16-12-4-5-12/h2-3,6-7,12-13H,4-5,8-10H2,1H3,(H,16,18). The molecular formula is C15H20N2O5S2. The molecule has 1 atom stereocenters. The maximum Gasteiger partial charge on any atom is 0.251 e. The molecule has 1 aliphatic carbocycles. The number of rotatable bonds is 5. The molecule has 0 aromatic heterocycles. The highest BCUT2D eigenvalue weighted by Crippen LogP contribution is 2.24. The molecule has 2 fully saturated rings. The third kappa shape index (κ3) is 3.62. The predicted molar refractivity (Wildman–Crippen MR) is 88.9 cm³/mol. The number of carbonyl (C=O) groups is 1. The van der Waals surface area contributed by atoms with Gasteiger partial charge in [0.15, 0.2) is 9.84 Å². The zero-order valence-electron chi connectivity index (χ0n) is 13.3. The van der Waals surface area contributed by atoms with Crippen LogP contribution in [0.2, 0.25) is 0 Å². The fraction of sp³-hybridized carbons (Fsp3) is 0.533. The summed E-state index contributed by atoms with van der Waals surface area (Å²) in [5.41, 5.74) is 0.409. The number of hydrogen-bond acceptors (Lipinski definition) is 5. The Balaban J connectivity index is 1.75. The van der Waals surface area contributed by atoms with Gasteiger partial charge in [0.2, 0.25) is 10.0 Å². The van der Waals surface area contributed by atoms with E-state index in [9.17, 15) is 21.6 Å². The van der Waals surface area contributed by atoms with E-state index in [0.717, 1.165) is 17.1 Å². The molecule has 1 aromatic rings. The van der Waals surface area contributed by atoms with Gasteiger partial charge in [-0.2, -0.15) is 4.31 Å². The van der Waals surface area contributed by atoms with Gasteiger partial charge in [0.1, 0.15) is 0 Å². The topological polar surface area (TPSA) is 101 Å². The Morgan fingerprint density at radius 1 is 1.17 bits per heavy atom. The molecule has 1 unspecified atom stereocenters. The summed E-state index contributed by atoms with van der Waals surface area (Å²) in [5.74, 6) is -0.348.